The van der Waals surface area contributed by atoms with Crippen molar-refractivity contribution < 1.29 is 19.0 Å². The number of benzene rings is 2. The number of methoxy groups -OCH3 is 1. The number of halogens is 1. The van der Waals surface area contributed by atoms with Gasteiger partial charge in [0.25, 0.3) is 5.91 Å². The Kier molecular flexibility index (Phi) is 6.04. The van der Waals surface area contributed by atoms with Crippen LogP contribution in [0.15, 0.2) is 48.8 Å². The van der Waals surface area contributed by atoms with E-state index in [2.05, 4.69) is 10.4 Å². The lowest BCUT2D eigenvalue weighted by atomic mass is 9.96. The molecule has 1 aromatic heterocycles. The van der Waals surface area contributed by atoms with E-state index in [9.17, 15) is 9.90 Å². The third kappa shape index (κ3) is 4.32. The second kappa shape index (κ2) is 8.89. The van der Waals surface area contributed by atoms with Crippen molar-refractivity contribution in [3.8, 4) is 11.4 Å². The molecule has 0 aliphatic heterocycles. The standard InChI is InChI=1S/C24H26FN3O3/c1-15-17(13-16-7-9-18(10-8-16)28-12-4-11-26-28)14-19(23(31-2)22(15)25)24(30)27-20-5-3-6-21(20)29/h4,7-12,14,20-21,29H,3,5-6,13H2,1-2H3,(H,27,30). The Morgan fingerprint density at radius 1 is 1.32 bits per heavy atom. The van der Waals surface area contributed by atoms with E-state index in [4.69, 9.17) is 4.74 Å². The maximum atomic E-state index is 15.1. The zero-order valence-corrected chi connectivity index (χ0v) is 17.6. The van der Waals surface area contributed by atoms with Crippen molar-refractivity contribution in [1.82, 2.24) is 15.1 Å². The van der Waals surface area contributed by atoms with Crippen molar-refractivity contribution in [2.75, 3.05) is 7.11 Å². The maximum Gasteiger partial charge on any atom is 0.255 e. The number of carbonyl (C=O) groups excluding carboxylic acids is 1. The lowest BCUT2D eigenvalue weighted by Crippen LogP contribution is -2.40. The molecule has 0 radical (unpaired) electrons. The number of amides is 1. The lowest BCUT2D eigenvalue weighted by Gasteiger charge is -2.19. The summed E-state index contributed by atoms with van der Waals surface area (Å²) in [6.45, 7) is 1.69. The zero-order valence-electron chi connectivity index (χ0n) is 17.6. The number of nitrogens with one attached hydrogen (secondary N) is 1. The lowest BCUT2D eigenvalue weighted by molar-refractivity contribution is 0.0869. The summed E-state index contributed by atoms with van der Waals surface area (Å²) in [4.78, 5) is 12.9. The first kappa shape index (κ1) is 21.1. The van der Waals surface area contributed by atoms with Crippen LogP contribution in [0, 0.1) is 12.7 Å². The van der Waals surface area contributed by atoms with Gasteiger partial charge in [-0.15, -0.1) is 0 Å². The van der Waals surface area contributed by atoms with Gasteiger partial charge in [-0.3, -0.25) is 4.79 Å². The van der Waals surface area contributed by atoms with Gasteiger partial charge in [0.05, 0.1) is 30.5 Å². The van der Waals surface area contributed by atoms with Gasteiger partial charge in [-0.05, 0) is 73.6 Å². The summed E-state index contributed by atoms with van der Waals surface area (Å²) >= 11 is 0. The molecule has 31 heavy (non-hydrogen) atoms. The molecule has 1 saturated carbocycles. The van der Waals surface area contributed by atoms with E-state index in [0.29, 0.717) is 30.4 Å². The van der Waals surface area contributed by atoms with E-state index in [1.54, 1.807) is 23.9 Å². The number of hydrogen-bond donors (Lipinski definition) is 2. The molecule has 4 rings (SSSR count). The minimum atomic E-state index is -0.571. The SMILES string of the molecule is COc1c(C(=O)NC2CCCC2O)cc(Cc2ccc(-n3cccn3)cc2)c(C)c1F. The minimum Gasteiger partial charge on any atom is -0.493 e. The number of hydrogen-bond acceptors (Lipinski definition) is 4. The summed E-state index contributed by atoms with van der Waals surface area (Å²) in [5, 5.41) is 17.1. The third-order valence-corrected chi connectivity index (χ3v) is 5.92. The van der Waals surface area contributed by atoms with Gasteiger partial charge in [0.2, 0.25) is 0 Å². The topological polar surface area (TPSA) is 76.4 Å². The van der Waals surface area contributed by atoms with E-state index in [1.807, 2.05) is 36.5 Å². The van der Waals surface area contributed by atoms with Crippen LogP contribution >= 0.6 is 0 Å². The molecule has 1 amide bonds. The highest BCUT2D eigenvalue weighted by Gasteiger charge is 2.29. The number of aromatic nitrogens is 2. The second-order valence-corrected chi connectivity index (χ2v) is 7.93. The fourth-order valence-corrected chi connectivity index (χ4v) is 4.09. The Labute approximate surface area is 180 Å². The van der Waals surface area contributed by atoms with Gasteiger partial charge in [0.15, 0.2) is 11.6 Å². The summed E-state index contributed by atoms with van der Waals surface area (Å²) < 4.78 is 22.0. The van der Waals surface area contributed by atoms with Crippen LogP contribution in [-0.4, -0.2) is 40.0 Å². The molecule has 162 valence electrons. The van der Waals surface area contributed by atoms with Crippen molar-refractivity contribution >= 4 is 5.91 Å². The third-order valence-electron chi connectivity index (χ3n) is 5.92. The van der Waals surface area contributed by atoms with Crippen LogP contribution in [0.2, 0.25) is 0 Å². The van der Waals surface area contributed by atoms with Crippen LogP contribution in [0.3, 0.4) is 0 Å². The molecule has 0 spiro atoms. The van der Waals surface area contributed by atoms with Crippen molar-refractivity contribution in [3.63, 3.8) is 0 Å². The molecular weight excluding hydrogens is 397 g/mol. The molecule has 2 atom stereocenters. The van der Waals surface area contributed by atoms with Crippen LogP contribution < -0.4 is 10.1 Å². The van der Waals surface area contributed by atoms with Gasteiger partial charge in [-0.1, -0.05) is 12.1 Å². The van der Waals surface area contributed by atoms with Crippen LogP contribution in [0.5, 0.6) is 5.75 Å². The van der Waals surface area contributed by atoms with Crippen molar-refractivity contribution in [2.24, 2.45) is 0 Å². The van der Waals surface area contributed by atoms with Gasteiger partial charge in [-0.25, -0.2) is 9.07 Å². The summed E-state index contributed by atoms with van der Waals surface area (Å²) in [6, 6.07) is 11.1. The average Bonchev–Trinajstić information content (AvgIpc) is 3.44. The summed E-state index contributed by atoms with van der Waals surface area (Å²) in [6.07, 6.45) is 5.70. The smallest absolute Gasteiger partial charge is 0.255 e. The quantitative estimate of drug-likeness (QED) is 0.636. The predicted octanol–water partition coefficient (Wildman–Crippen LogP) is 3.56. The number of ether oxygens (including phenoxy) is 1. The maximum absolute atomic E-state index is 15.1. The fraction of sp³-hybridized carbons (Fsp3) is 0.333. The van der Waals surface area contributed by atoms with E-state index in [-0.39, 0.29) is 17.4 Å². The molecule has 1 fully saturated rings. The Morgan fingerprint density at radius 2 is 2.10 bits per heavy atom. The fourth-order valence-electron chi connectivity index (χ4n) is 4.09. The number of nitrogens with zero attached hydrogens (tertiary/aromatic N) is 2. The Balaban J connectivity index is 1.61. The average molecular weight is 423 g/mol. The van der Waals surface area contributed by atoms with Crippen molar-refractivity contribution in [2.45, 2.75) is 44.8 Å². The van der Waals surface area contributed by atoms with E-state index < -0.39 is 17.8 Å². The van der Waals surface area contributed by atoms with Gasteiger partial charge in [-0.2, -0.15) is 5.10 Å². The first-order valence-corrected chi connectivity index (χ1v) is 10.4. The number of aliphatic hydroxyl groups excluding tert-OH is 1. The monoisotopic (exact) mass is 423 g/mol. The summed E-state index contributed by atoms with van der Waals surface area (Å²) in [5.74, 6) is -1.04. The largest absolute Gasteiger partial charge is 0.493 e. The van der Waals surface area contributed by atoms with Gasteiger partial charge < -0.3 is 15.2 Å². The first-order valence-electron chi connectivity index (χ1n) is 10.4. The normalized spacial score (nSPS) is 18.2. The van der Waals surface area contributed by atoms with E-state index in [0.717, 1.165) is 17.7 Å². The van der Waals surface area contributed by atoms with E-state index in [1.165, 1.54) is 7.11 Å². The molecule has 3 aromatic rings. The molecule has 2 unspecified atom stereocenters. The molecule has 0 bridgehead atoms. The first-order chi connectivity index (χ1) is 15.0. The highest BCUT2D eigenvalue weighted by atomic mass is 19.1. The highest BCUT2D eigenvalue weighted by molar-refractivity contribution is 5.97. The number of rotatable bonds is 6. The van der Waals surface area contributed by atoms with Gasteiger partial charge in [0.1, 0.15) is 0 Å². The molecule has 6 nitrogen and oxygen atoms in total. The Morgan fingerprint density at radius 3 is 2.71 bits per heavy atom. The molecule has 0 saturated heterocycles. The van der Waals surface area contributed by atoms with Crippen LogP contribution in [0.25, 0.3) is 5.69 Å². The second-order valence-electron chi connectivity index (χ2n) is 7.93. The van der Waals surface area contributed by atoms with Crippen LogP contribution in [0.1, 0.15) is 46.3 Å². The van der Waals surface area contributed by atoms with Crippen molar-refractivity contribution in [1.29, 1.82) is 0 Å². The molecule has 1 heterocycles. The molecule has 7 heteroatoms. The predicted molar refractivity (Wildman–Crippen MR) is 115 cm³/mol. The summed E-state index contributed by atoms with van der Waals surface area (Å²) in [7, 11) is 1.35. The van der Waals surface area contributed by atoms with Crippen LogP contribution in [-0.2, 0) is 6.42 Å². The van der Waals surface area contributed by atoms with Crippen molar-refractivity contribution in [3.05, 3.63) is 76.9 Å². The minimum absolute atomic E-state index is 0.0692. The molecule has 2 N–H and O–H groups in total. The zero-order chi connectivity index (χ0) is 22.0. The van der Waals surface area contributed by atoms with E-state index >= 15 is 4.39 Å². The highest BCUT2D eigenvalue weighted by Crippen LogP contribution is 2.30. The molecule has 1 aliphatic rings. The Hall–Kier alpha value is -3.19. The summed E-state index contributed by atoms with van der Waals surface area (Å²) in [5.41, 5.74) is 3.23. The molecule has 2 aromatic carbocycles. The Bertz CT molecular complexity index is 1060. The molecule has 1 aliphatic carbocycles. The van der Waals surface area contributed by atoms with Crippen LogP contribution in [0.4, 0.5) is 4.39 Å². The van der Waals surface area contributed by atoms with Gasteiger partial charge >= 0.3 is 0 Å². The molecular formula is C24H26FN3O3. The van der Waals surface area contributed by atoms with Gasteiger partial charge in [0, 0.05) is 12.4 Å². The number of carbonyl (C=O) groups is 1. The number of aliphatic hydroxyl groups is 1.